The van der Waals surface area contributed by atoms with Crippen molar-refractivity contribution in [2.24, 2.45) is 0 Å². The van der Waals surface area contributed by atoms with E-state index in [2.05, 4.69) is 29.0 Å². The van der Waals surface area contributed by atoms with E-state index in [0.29, 0.717) is 13.2 Å². The second-order valence-corrected chi connectivity index (χ2v) is 6.36. The van der Waals surface area contributed by atoms with Gasteiger partial charge in [-0.05, 0) is 66.4 Å². The number of hydrogen-bond acceptors (Lipinski definition) is 5. The van der Waals surface area contributed by atoms with E-state index in [0.717, 1.165) is 25.1 Å². The number of thiophene rings is 1. The van der Waals surface area contributed by atoms with E-state index in [1.165, 1.54) is 11.1 Å². The number of hydrogen-bond donors (Lipinski definition) is 0. The lowest BCUT2D eigenvalue weighted by atomic mass is 10.1. The van der Waals surface area contributed by atoms with Crippen molar-refractivity contribution >= 4 is 17.3 Å². The van der Waals surface area contributed by atoms with Gasteiger partial charge in [-0.2, -0.15) is 11.3 Å². The zero-order valence-corrected chi connectivity index (χ0v) is 14.2. The standard InChI is InChI=1S/C18H23NO3S/c1-19(10-7-18(20)21)9-2-11-22-17-5-3-15(4-6-17)13-16-8-12-23-14-16/h3-6,8,12,14H,2,7,9-11,13H2,1H3,(H,20,21)/p-1. The Morgan fingerprint density at radius 1 is 1.17 bits per heavy atom. The van der Waals surface area contributed by atoms with Crippen molar-refractivity contribution in [1.82, 2.24) is 4.90 Å². The van der Waals surface area contributed by atoms with Crippen LogP contribution in [0.4, 0.5) is 0 Å². The highest BCUT2D eigenvalue weighted by Gasteiger charge is 2.01. The molecule has 0 N–H and O–H groups in total. The van der Waals surface area contributed by atoms with Crippen LogP contribution in [0.25, 0.3) is 0 Å². The summed E-state index contributed by atoms with van der Waals surface area (Å²) in [5.41, 5.74) is 2.61. The highest BCUT2D eigenvalue weighted by atomic mass is 32.1. The maximum atomic E-state index is 10.4. The van der Waals surface area contributed by atoms with Crippen molar-refractivity contribution in [2.75, 3.05) is 26.7 Å². The molecule has 1 heterocycles. The van der Waals surface area contributed by atoms with Gasteiger partial charge in [0.15, 0.2) is 0 Å². The third-order valence-corrected chi connectivity index (χ3v) is 4.29. The first-order valence-corrected chi connectivity index (χ1v) is 8.69. The molecule has 0 bridgehead atoms. The molecule has 0 radical (unpaired) electrons. The number of benzene rings is 1. The number of carboxylic acid groups (broad SMARTS) is 1. The molecule has 0 spiro atoms. The van der Waals surface area contributed by atoms with Crippen molar-refractivity contribution in [3.8, 4) is 5.75 Å². The summed E-state index contributed by atoms with van der Waals surface area (Å²) in [5, 5.41) is 14.6. The molecule has 2 rings (SSSR count). The van der Waals surface area contributed by atoms with E-state index in [1.54, 1.807) is 11.3 Å². The van der Waals surface area contributed by atoms with Crippen LogP contribution in [-0.2, 0) is 11.2 Å². The summed E-state index contributed by atoms with van der Waals surface area (Å²) >= 11 is 1.72. The van der Waals surface area contributed by atoms with E-state index < -0.39 is 5.97 Å². The Hall–Kier alpha value is -1.85. The molecule has 4 nitrogen and oxygen atoms in total. The van der Waals surface area contributed by atoms with Gasteiger partial charge in [-0.25, -0.2) is 0 Å². The van der Waals surface area contributed by atoms with Gasteiger partial charge in [-0.15, -0.1) is 0 Å². The maximum Gasteiger partial charge on any atom is 0.119 e. The number of rotatable bonds is 10. The van der Waals surface area contributed by atoms with Gasteiger partial charge in [-0.1, -0.05) is 12.1 Å². The topological polar surface area (TPSA) is 52.6 Å². The molecule has 1 aromatic carbocycles. The molecule has 0 fully saturated rings. The van der Waals surface area contributed by atoms with Gasteiger partial charge in [0.2, 0.25) is 0 Å². The largest absolute Gasteiger partial charge is 0.550 e. The quantitative estimate of drug-likeness (QED) is 0.626. The van der Waals surface area contributed by atoms with Gasteiger partial charge in [0.25, 0.3) is 0 Å². The van der Waals surface area contributed by atoms with Crippen molar-refractivity contribution in [2.45, 2.75) is 19.3 Å². The van der Waals surface area contributed by atoms with Crippen LogP contribution < -0.4 is 9.84 Å². The molecule has 124 valence electrons. The third kappa shape index (κ3) is 6.84. The zero-order valence-electron chi connectivity index (χ0n) is 13.4. The molecule has 23 heavy (non-hydrogen) atoms. The highest BCUT2D eigenvalue weighted by molar-refractivity contribution is 7.07. The molecule has 0 aliphatic rings. The van der Waals surface area contributed by atoms with Crippen LogP contribution in [0.1, 0.15) is 24.0 Å². The van der Waals surface area contributed by atoms with E-state index in [-0.39, 0.29) is 6.42 Å². The van der Waals surface area contributed by atoms with Gasteiger partial charge in [0.05, 0.1) is 6.61 Å². The summed E-state index contributed by atoms with van der Waals surface area (Å²) in [7, 11) is 1.90. The fourth-order valence-electron chi connectivity index (χ4n) is 2.25. The predicted molar refractivity (Wildman–Crippen MR) is 90.8 cm³/mol. The number of nitrogens with zero attached hydrogens (tertiary/aromatic N) is 1. The Morgan fingerprint density at radius 2 is 1.96 bits per heavy atom. The number of carboxylic acids is 1. The summed E-state index contributed by atoms with van der Waals surface area (Å²) in [6.45, 7) is 1.95. The summed E-state index contributed by atoms with van der Waals surface area (Å²) in [5.74, 6) is -0.132. The molecule has 0 saturated heterocycles. The number of ether oxygens (including phenoxy) is 1. The minimum atomic E-state index is -1.00. The van der Waals surface area contributed by atoms with Crippen molar-refractivity contribution in [1.29, 1.82) is 0 Å². The molecule has 0 unspecified atom stereocenters. The molecule has 0 aliphatic heterocycles. The van der Waals surface area contributed by atoms with Crippen LogP contribution in [0.5, 0.6) is 5.75 Å². The summed E-state index contributed by atoms with van der Waals surface area (Å²) in [6.07, 6.45) is 1.89. The van der Waals surface area contributed by atoms with E-state index in [9.17, 15) is 9.90 Å². The highest BCUT2D eigenvalue weighted by Crippen LogP contribution is 2.16. The van der Waals surface area contributed by atoms with E-state index in [1.807, 2.05) is 24.1 Å². The Balaban J connectivity index is 1.65. The molecule has 0 amide bonds. The van der Waals surface area contributed by atoms with E-state index >= 15 is 0 Å². The van der Waals surface area contributed by atoms with Crippen LogP contribution in [0.15, 0.2) is 41.1 Å². The monoisotopic (exact) mass is 332 g/mol. The van der Waals surface area contributed by atoms with Crippen LogP contribution in [0.3, 0.4) is 0 Å². The fraction of sp³-hybridized carbons (Fsp3) is 0.389. The van der Waals surface area contributed by atoms with Gasteiger partial charge in [-0.3, -0.25) is 0 Å². The molecule has 0 saturated carbocycles. The fourth-order valence-corrected chi connectivity index (χ4v) is 2.92. The second kappa shape index (κ2) is 9.33. The number of carbonyl (C=O) groups is 1. The lowest BCUT2D eigenvalue weighted by Gasteiger charge is -2.16. The van der Waals surface area contributed by atoms with Crippen molar-refractivity contribution < 1.29 is 14.6 Å². The average molecular weight is 332 g/mol. The molecule has 1 aromatic heterocycles. The minimum Gasteiger partial charge on any atom is -0.550 e. The number of aliphatic carboxylic acids is 1. The zero-order chi connectivity index (χ0) is 16.5. The Bertz CT molecular complexity index is 581. The van der Waals surface area contributed by atoms with Crippen molar-refractivity contribution in [3.05, 3.63) is 52.2 Å². The van der Waals surface area contributed by atoms with Gasteiger partial charge < -0.3 is 19.5 Å². The van der Waals surface area contributed by atoms with Gasteiger partial charge in [0, 0.05) is 19.1 Å². The second-order valence-electron chi connectivity index (χ2n) is 5.58. The minimum absolute atomic E-state index is 0.0724. The summed E-state index contributed by atoms with van der Waals surface area (Å²) in [4.78, 5) is 12.4. The van der Waals surface area contributed by atoms with E-state index in [4.69, 9.17) is 4.74 Å². The SMILES string of the molecule is CN(CCCOc1ccc(Cc2ccsc2)cc1)CCC(=O)[O-]. The molecule has 5 heteroatoms. The Morgan fingerprint density at radius 3 is 2.61 bits per heavy atom. The first-order chi connectivity index (χ1) is 11.1. The molecule has 0 atom stereocenters. The first kappa shape index (κ1) is 17.5. The van der Waals surface area contributed by atoms with Gasteiger partial charge in [0.1, 0.15) is 5.75 Å². The Kier molecular flexibility index (Phi) is 7.10. The smallest absolute Gasteiger partial charge is 0.119 e. The van der Waals surface area contributed by atoms with Gasteiger partial charge >= 0.3 is 0 Å². The lowest BCUT2D eigenvalue weighted by Crippen LogP contribution is -2.30. The Labute approximate surface area is 141 Å². The summed E-state index contributed by atoms with van der Waals surface area (Å²) in [6, 6.07) is 10.3. The maximum absolute atomic E-state index is 10.4. The first-order valence-electron chi connectivity index (χ1n) is 7.74. The summed E-state index contributed by atoms with van der Waals surface area (Å²) < 4.78 is 5.72. The van der Waals surface area contributed by atoms with Crippen LogP contribution >= 0.6 is 11.3 Å². The predicted octanol–water partition coefficient (Wildman–Crippen LogP) is 2.18. The van der Waals surface area contributed by atoms with Crippen LogP contribution in [-0.4, -0.2) is 37.6 Å². The molecule has 2 aromatic rings. The van der Waals surface area contributed by atoms with Crippen LogP contribution in [0, 0.1) is 0 Å². The average Bonchev–Trinajstić information content (AvgIpc) is 3.04. The lowest BCUT2D eigenvalue weighted by molar-refractivity contribution is -0.305. The molecular formula is C18H22NO3S-. The molecular weight excluding hydrogens is 310 g/mol. The molecule has 0 aliphatic carbocycles. The third-order valence-electron chi connectivity index (χ3n) is 3.56. The number of carbonyl (C=O) groups excluding carboxylic acids is 1. The normalized spacial score (nSPS) is 10.9. The van der Waals surface area contributed by atoms with Crippen molar-refractivity contribution in [3.63, 3.8) is 0 Å². The van der Waals surface area contributed by atoms with Crippen LogP contribution in [0.2, 0.25) is 0 Å².